The Bertz CT molecular complexity index is 667. The van der Waals surface area contributed by atoms with Crippen LogP contribution in [0.4, 0.5) is 0 Å². The Balaban J connectivity index is 1.73. The van der Waals surface area contributed by atoms with Crippen molar-refractivity contribution in [2.45, 2.75) is 82.4 Å². The highest BCUT2D eigenvalue weighted by atomic mass is 32.2. The molecule has 0 spiro atoms. The quantitative estimate of drug-likeness (QED) is 0.114. The summed E-state index contributed by atoms with van der Waals surface area (Å²) >= 11 is 0. The zero-order valence-electron chi connectivity index (χ0n) is 21.8. The summed E-state index contributed by atoms with van der Waals surface area (Å²) in [6.45, 7) is 6.21. The topological polar surface area (TPSA) is 80.3 Å². The summed E-state index contributed by atoms with van der Waals surface area (Å²) in [5.41, 5.74) is 0. The molecule has 0 aliphatic rings. The van der Waals surface area contributed by atoms with Gasteiger partial charge in [0.25, 0.3) is 10.1 Å². The molecule has 0 atom stereocenters. The second-order valence-corrected chi connectivity index (χ2v) is 10.2. The predicted molar refractivity (Wildman–Crippen MR) is 139 cm³/mol. The van der Waals surface area contributed by atoms with Crippen molar-refractivity contribution in [3.8, 4) is 0 Å². The lowest BCUT2D eigenvalue weighted by molar-refractivity contribution is -0.00468. The number of hydrogen-bond acceptors (Lipinski definition) is 7. The normalized spacial score (nSPS) is 11.8. The summed E-state index contributed by atoms with van der Waals surface area (Å²) in [4.78, 5) is 0.141. The van der Waals surface area contributed by atoms with Crippen LogP contribution in [0, 0.1) is 0 Å². The van der Waals surface area contributed by atoms with Gasteiger partial charge < -0.3 is 18.9 Å². The lowest BCUT2D eigenvalue weighted by Gasteiger charge is -2.08. The van der Waals surface area contributed by atoms with E-state index in [-0.39, 0.29) is 18.1 Å². The highest BCUT2D eigenvalue weighted by Crippen LogP contribution is 2.12. The van der Waals surface area contributed by atoms with Gasteiger partial charge in [0.15, 0.2) is 0 Å². The molecule has 1 aromatic carbocycles. The predicted octanol–water partition coefficient (Wildman–Crippen LogP) is 5.77. The van der Waals surface area contributed by atoms with Gasteiger partial charge in [-0.2, -0.15) is 8.42 Å². The van der Waals surface area contributed by atoms with Gasteiger partial charge in [-0.3, -0.25) is 4.18 Å². The highest BCUT2D eigenvalue weighted by molar-refractivity contribution is 7.86. The molecule has 8 heteroatoms. The minimum Gasteiger partial charge on any atom is -0.379 e. The van der Waals surface area contributed by atoms with Gasteiger partial charge in [-0.15, -0.1) is 0 Å². The van der Waals surface area contributed by atoms with E-state index in [0.29, 0.717) is 39.6 Å². The first-order valence-corrected chi connectivity index (χ1v) is 14.8. The summed E-state index contributed by atoms with van der Waals surface area (Å²) in [6.07, 6.45) is 14.8. The van der Waals surface area contributed by atoms with Crippen molar-refractivity contribution in [2.75, 3.05) is 59.5 Å². The third-order valence-corrected chi connectivity index (χ3v) is 6.83. The van der Waals surface area contributed by atoms with E-state index in [1.54, 1.807) is 18.2 Å². The first-order chi connectivity index (χ1) is 17.2. The molecule has 0 aromatic heterocycles. The van der Waals surface area contributed by atoms with E-state index in [0.717, 1.165) is 13.0 Å². The molecule has 0 saturated carbocycles. The largest absolute Gasteiger partial charge is 0.379 e. The molecule has 7 nitrogen and oxygen atoms in total. The number of rotatable bonds is 26. The number of ether oxygens (including phenoxy) is 4. The summed E-state index contributed by atoms with van der Waals surface area (Å²) in [5.74, 6) is 0. The monoisotopic (exact) mass is 516 g/mol. The Morgan fingerprint density at radius 3 is 1.40 bits per heavy atom. The van der Waals surface area contributed by atoms with Gasteiger partial charge in [0, 0.05) is 6.61 Å². The molecule has 204 valence electrons. The maximum absolute atomic E-state index is 11.9. The van der Waals surface area contributed by atoms with E-state index in [1.807, 2.05) is 0 Å². The number of benzene rings is 1. The fourth-order valence-electron chi connectivity index (χ4n) is 3.49. The lowest BCUT2D eigenvalue weighted by Crippen LogP contribution is -2.15. The Kier molecular flexibility index (Phi) is 21.4. The van der Waals surface area contributed by atoms with E-state index in [1.165, 1.54) is 76.3 Å². The van der Waals surface area contributed by atoms with E-state index in [2.05, 4.69) is 6.92 Å². The van der Waals surface area contributed by atoms with Gasteiger partial charge in [-0.25, -0.2) is 0 Å². The summed E-state index contributed by atoms with van der Waals surface area (Å²) < 4.78 is 50.6. The zero-order chi connectivity index (χ0) is 25.3. The van der Waals surface area contributed by atoms with Crippen LogP contribution < -0.4 is 0 Å². The Labute approximate surface area is 213 Å². The van der Waals surface area contributed by atoms with Crippen LogP contribution in [0.1, 0.15) is 77.6 Å². The molecule has 0 aliphatic carbocycles. The van der Waals surface area contributed by atoms with Crippen molar-refractivity contribution in [3.63, 3.8) is 0 Å². The summed E-state index contributed by atoms with van der Waals surface area (Å²) in [7, 11) is -3.73. The second kappa shape index (κ2) is 23.4. The SMILES string of the molecule is CCCCCCCCCCCCCOCCOCCOCCOCCOS(=O)(=O)c1ccccc1. The van der Waals surface area contributed by atoms with Crippen molar-refractivity contribution in [1.29, 1.82) is 0 Å². The average Bonchev–Trinajstić information content (AvgIpc) is 2.87. The smallest absolute Gasteiger partial charge is 0.297 e. The molecule has 0 aliphatic heterocycles. The molecular formula is C27H48O7S. The van der Waals surface area contributed by atoms with Crippen LogP contribution in [0.3, 0.4) is 0 Å². The third-order valence-electron chi connectivity index (χ3n) is 5.51. The molecule has 0 unspecified atom stereocenters. The average molecular weight is 517 g/mol. The molecular weight excluding hydrogens is 468 g/mol. The fourth-order valence-corrected chi connectivity index (χ4v) is 4.40. The maximum atomic E-state index is 11.9. The molecule has 0 heterocycles. The first-order valence-electron chi connectivity index (χ1n) is 13.4. The summed E-state index contributed by atoms with van der Waals surface area (Å²) in [5, 5.41) is 0. The van der Waals surface area contributed by atoms with Gasteiger partial charge in [-0.05, 0) is 18.6 Å². The van der Waals surface area contributed by atoms with Gasteiger partial charge in [0.05, 0.1) is 57.8 Å². The standard InChI is InChI=1S/C27H48O7S/c1-2-3-4-5-6-7-8-9-10-11-15-18-30-19-20-31-21-22-32-23-24-33-25-26-34-35(28,29)27-16-13-12-14-17-27/h12-14,16-17H,2-11,15,18-26H2,1H3. The minimum absolute atomic E-state index is 0.0282. The van der Waals surface area contributed by atoms with Crippen molar-refractivity contribution in [1.82, 2.24) is 0 Å². The molecule has 0 bridgehead atoms. The Morgan fingerprint density at radius 2 is 0.914 bits per heavy atom. The van der Waals surface area contributed by atoms with Gasteiger partial charge in [0.1, 0.15) is 0 Å². The van der Waals surface area contributed by atoms with Gasteiger partial charge >= 0.3 is 0 Å². The maximum Gasteiger partial charge on any atom is 0.297 e. The molecule has 0 N–H and O–H groups in total. The molecule has 0 radical (unpaired) electrons. The van der Waals surface area contributed by atoms with Crippen molar-refractivity contribution < 1.29 is 31.5 Å². The van der Waals surface area contributed by atoms with Gasteiger partial charge in [0.2, 0.25) is 0 Å². The van der Waals surface area contributed by atoms with Crippen LogP contribution >= 0.6 is 0 Å². The number of unbranched alkanes of at least 4 members (excludes halogenated alkanes) is 10. The summed E-state index contributed by atoms with van der Waals surface area (Å²) in [6, 6.07) is 8.05. The highest BCUT2D eigenvalue weighted by Gasteiger charge is 2.13. The van der Waals surface area contributed by atoms with E-state index >= 15 is 0 Å². The second-order valence-electron chi connectivity index (χ2n) is 8.57. The van der Waals surface area contributed by atoms with Crippen LogP contribution in [-0.4, -0.2) is 67.9 Å². The minimum atomic E-state index is -3.73. The van der Waals surface area contributed by atoms with Crippen molar-refractivity contribution in [3.05, 3.63) is 30.3 Å². The Hall–Kier alpha value is -1.03. The molecule has 0 amide bonds. The van der Waals surface area contributed by atoms with Crippen LogP contribution in [0.2, 0.25) is 0 Å². The molecule has 1 rings (SSSR count). The molecule has 0 fully saturated rings. The van der Waals surface area contributed by atoms with E-state index in [9.17, 15) is 8.42 Å². The van der Waals surface area contributed by atoms with Crippen LogP contribution in [0.15, 0.2) is 35.2 Å². The molecule has 0 saturated heterocycles. The van der Waals surface area contributed by atoms with Crippen LogP contribution in [0.5, 0.6) is 0 Å². The van der Waals surface area contributed by atoms with Crippen molar-refractivity contribution >= 4 is 10.1 Å². The van der Waals surface area contributed by atoms with Crippen molar-refractivity contribution in [2.24, 2.45) is 0 Å². The fraction of sp³-hybridized carbons (Fsp3) is 0.778. The number of hydrogen-bond donors (Lipinski definition) is 0. The van der Waals surface area contributed by atoms with Gasteiger partial charge in [-0.1, -0.05) is 89.3 Å². The Morgan fingerprint density at radius 1 is 0.514 bits per heavy atom. The zero-order valence-corrected chi connectivity index (χ0v) is 22.6. The van der Waals surface area contributed by atoms with Crippen LogP contribution in [-0.2, 0) is 33.2 Å². The molecule has 1 aromatic rings. The van der Waals surface area contributed by atoms with Crippen LogP contribution in [0.25, 0.3) is 0 Å². The lowest BCUT2D eigenvalue weighted by atomic mass is 10.1. The van der Waals surface area contributed by atoms with E-state index < -0.39 is 10.1 Å². The first kappa shape index (κ1) is 32.0. The third kappa shape index (κ3) is 19.8. The van der Waals surface area contributed by atoms with E-state index in [4.69, 9.17) is 23.1 Å². The molecule has 35 heavy (non-hydrogen) atoms.